The highest BCUT2D eigenvalue weighted by Gasteiger charge is 2.15. The van der Waals surface area contributed by atoms with Crippen molar-refractivity contribution in [3.05, 3.63) is 57.8 Å². The highest BCUT2D eigenvalue weighted by Crippen LogP contribution is 2.20. The summed E-state index contributed by atoms with van der Waals surface area (Å²) in [5.41, 5.74) is 1.000. The van der Waals surface area contributed by atoms with Gasteiger partial charge in [0.2, 0.25) is 5.91 Å². The van der Waals surface area contributed by atoms with Crippen LogP contribution in [0.15, 0.2) is 41.8 Å². The van der Waals surface area contributed by atoms with Crippen molar-refractivity contribution in [2.45, 2.75) is 19.4 Å². The summed E-state index contributed by atoms with van der Waals surface area (Å²) in [7, 11) is 0. The molecule has 0 spiro atoms. The Morgan fingerprint density at radius 1 is 1.30 bits per heavy atom. The van der Waals surface area contributed by atoms with Gasteiger partial charge in [-0.3, -0.25) is 4.79 Å². The second kappa shape index (κ2) is 6.34. The lowest BCUT2D eigenvalue weighted by molar-refractivity contribution is -0.122. The molecule has 0 fully saturated rings. The fraction of sp³-hybridized carbons (Fsp3) is 0.200. The number of nitrogens with one attached hydrogen (secondary N) is 1. The van der Waals surface area contributed by atoms with Crippen LogP contribution in [0.3, 0.4) is 0 Å². The number of aromatic carboxylic acids is 1. The molecule has 0 aliphatic rings. The summed E-state index contributed by atoms with van der Waals surface area (Å²) in [6.45, 7) is 2.19. The molecular weight excluding hydrogens is 274 g/mol. The summed E-state index contributed by atoms with van der Waals surface area (Å²) in [5, 5.41) is 13.7. The van der Waals surface area contributed by atoms with Crippen LogP contribution in [0.4, 0.5) is 0 Å². The molecule has 1 aromatic heterocycles. The van der Waals surface area contributed by atoms with Gasteiger partial charge in [0.05, 0.1) is 11.5 Å². The molecular formula is C15H15NO3S. The first kappa shape index (κ1) is 14.3. The Labute approximate surface area is 121 Å². The van der Waals surface area contributed by atoms with Crippen molar-refractivity contribution in [3.63, 3.8) is 0 Å². The molecule has 0 aliphatic carbocycles. The van der Waals surface area contributed by atoms with Crippen LogP contribution in [0.1, 0.15) is 33.6 Å². The van der Waals surface area contributed by atoms with Crippen LogP contribution in [0.2, 0.25) is 0 Å². The lowest BCUT2D eigenvalue weighted by atomic mass is 10.1. The predicted octanol–water partition coefficient (Wildman–Crippen LogP) is 2.87. The van der Waals surface area contributed by atoms with Crippen LogP contribution < -0.4 is 5.32 Å². The lowest BCUT2D eigenvalue weighted by Gasteiger charge is -2.11. The Morgan fingerprint density at radius 3 is 2.75 bits per heavy atom. The Kier molecular flexibility index (Phi) is 4.53. The minimum atomic E-state index is -0.967. The summed E-state index contributed by atoms with van der Waals surface area (Å²) in [6, 6.07) is 10.4. The van der Waals surface area contributed by atoms with E-state index in [0.29, 0.717) is 6.54 Å². The van der Waals surface area contributed by atoms with E-state index in [1.54, 1.807) is 29.5 Å². The van der Waals surface area contributed by atoms with Crippen LogP contribution in [-0.4, -0.2) is 17.0 Å². The van der Waals surface area contributed by atoms with Crippen LogP contribution in [0.5, 0.6) is 0 Å². The third-order valence-corrected chi connectivity index (χ3v) is 4.06. The summed E-state index contributed by atoms with van der Waals surface area (Å²) in [5.74, 6) is -1.23. The number of rotatable bonds is 5. The summed E-state index contributed by atoms with van der Waals surface area (Å²) in [4.78, 5) is 23.9. The molecule has 0 radical (unpaired) electrons. The Balaban J connectivity index is 1.96. The number of carbonyl (C=O) groups excluding carboxylic acids is 1. The molecule has 0 saturated heterocycles. The molecule has 20 heavy (non-hydrogen) atoms. The zero-order valence-electron chi connectivity index (χ0n) is 11.0. The lowest BCUT2D eigenvalue weighted by Crippen LogP contribution is -2.27. The van der Waals surface area contributed by atoms with E-state index in [9.17, 15) is 9.59 Å². The minimum absolute atomic E-state index is 0.0619. The molecule has 4 nitrogen and oxygen atoms in total. The van der Waals surface area contributed by atoms with Gasteiger partial charge in [-0.1, -0.05) is 18.2 Å². The van der Waals surface area contributed by atoms with Crippen molar-refractivity contribution in [1.82, 2.24) is 5.32 Å². The third-order valence-electron chi connectivity index (χ3n) is 3.00. The third kappa shape index (κ3) is 3.45. The molecule has 5 heteroatoms. The normalized spacial score (nSPS) is 11.8. The van der Waals surface area contributed by atoms with Gasteiger partial charge in [-0.15, -0.1) is 11.3 Å². The highest BCUT2D eigenvalue weighted by atomic mass is 32.1. The maximum absolute atomic E-state index is 12.0. The molecule has 0 unspecified atom stereocenters. The average molecular weight is 289 g/mol. The van der Waals surface area contributed by atoms with Crippen molar-refractivity contribution in [1.29, 1.82) is 0 Å². The standard InChI is InChI=1S/C15H15NO3S/c1-10(13-6-3-7-20-13)14(17)16-9-11-4-2-5-12(8-11)15(18)19/h2-8,10H,9H2,1H3,(H,16,17)(H,18,19)/t10-/m0/s1. The first-order valence-corrected chi connectivity index (χ1v) is 7.09. The number of carboxylic acids is 1. The predicted molar refractivity (Wildman–Crippen MR) is 78.0 cm³/mol. The molecule has 1 aromatic carbocycles. The molecule has 0 saturated carbocycles. The van der Waals surface area contributed by atoms with Gasteiger partial charge in [0.25, 0.3) is 0 Å². The quantitative estimate of drug-likeness (QED) is 0.889. The van der Waals surface area contributed by atoms with Gasteiger partial charge in [-0.2, -0.15) is 0 Å². The zero-order valence-corrected chi connectivity index (χ0v) is 11.8. The van der Waals surface area contributed by atoms with Gasteiger partial charge in [0.15, 0.2) is 0 Å². The monoisotopic (exact) mass is 289 g/mol. The SMILES string of the molecule is C[C@H](C(=O)NCc1cccc(C(=O)O)c1)c1cccs1. The number of benzene rings is 1. The zero-order chi connectivity index (χ0) is 14.5. The van der Waals surface area contributed by atoms with E-state index in [4.69, 9.17) is 5.11 Å². The maximum atomic E-state index is 12.0. The average Bonchev–Trinajstić information content (AvgIpc) is 2.98. The first-order valence-electron chi connectivity index (χ1n) is 6.21. The van der Waals surface area contributed by atoms with E-state index in [1.807, 2.05) is 24.4 Å². The molecule has 1 atom stereocenters. The first-order chi connectivity index (χ1) is 9.58. The van der Waals surface area contributed by atoms with Gasteiger partial charge in [-0.05, 0) is 36.1 Å². The summed E-state index contributed by atoms with van der Waals surface area (Å²) < 4.78 is 0. The summed E-state index contributed by atoms with van der Waals surface area (Å²) >= 11 is 1.55. The van der Waals surface area contributed by atoms with E-state index in [1.165, 1.54) is 6.07 Å². The van der Waals surface area contributed by atoms with Crippen molar-refractivity contribution in [2.24, 2.45) is 0 Å². The molecule has 1 heterocycles. The molecule has 0 bridgehead atoms. The molecule has 2 aromatic rings. The van der Waals surface area contributed by atoms with Crippen molar-refractivity contribution >= 4 is 23.2 Å². The van der Waals surface area contributed by atoms with Crippen molar-refractivity contribution < 1.29 is 14.7 Å². The highest BCUT2D eigenvalue weighted by molar-refractivity contribution is 7.10. The topological polar surface area (TPSA) is 66.4 Å². The number of hydrogen-bond acceptors (Lipinski definition) is 3. The Morgan fingerprint density at radius 2 is 2.10 bits per heavy atom. The number of thiophene rings is 1. The number of carboxylic acid groups (broad SMARTS) is 1. The molecule has 104 valence electrons. The van der Waals surface area contributed by atoms with E-state index in [2.05, 4.69) is 5.32 Å². The molecule has 2 N–H and O–H groups in total. The van der Waals surface area contributed by atoms with Gasteiger partial charge in [0, 0.05) is 11.4 Å². The smallest absolute Gasteiger partial charge is 0.335 e. The van der Waals surface area contributed by atoms with E-state index >= 15 is 0 Å². The van der Waals surface area contributed by atoms with E-state index < -0.39 is 5.97 Å². The molecule has 0 aliphatic heterocycles. The number of carbonyl (C=O) groups is 2. The fourth-order valence-corrected chi connectivity index (χ4v) is 2.61. The Hall–Kier alpha value is -2.14. The molecule has 2 rings (SSSR count). The van der Waals surface area contributed by atoms with Gasteiger partial charge in [0.1, 0.15) is 0 Å². The fourth-order valence-electron chi connectivity index (χ4n) is 1.82. The largest absolute Gasteiger partial charge is 0.478 e. The van der Waals surface area contributed by atoms with Crippen LogP contribution in [-0.2, 0) is 11.3 Å². The number of hydrogen-bond donors (Lipinski definition) is 2. The minimum Gasteiger partial charge on any atom is -0.478 e. The van der Waals surface area contributed by atoms with Crippen molar-refractivity contribution in [3.8, 4) is 0 Å². The number of amides is 1. The van der Waals surface area contributed by atoms with E-state index in [-0.39, 0.29) is 17.4 Å². The second-order valence-electron chi connectivity index (χ2n) is 4.46. The van der Waals surface area contributed by atoms with E-state index in [0.717, 1.165) is 10.4 Å². The van der Waals surface area contributed by atoms with Gasteiger partial charge >= 0.3 is 5.97 Å². The van der Waals surface area contributed by atoms with Crippen molar-refractivity contribution in [2.75, 3.05) is 0 Å². The van der Waals surface area contributed by atoms with Crippen LogP contribution in [0.25, 0.3) is 0 Å². The maximum Gasteiger partial charge on any atom is 0.335 e. The van der Waals surface area contributed by atoms with Gasteiger partial charge in [-0.25, -0.2) is 4.79 Å². The summed E-state index contributed by atoms with van der Waals surface area (Å²) in [6.07, 6.45) is 0. The van der Waals surface area contributed by atoms with Gasteiger partial charge < -0.3 is 10.4 Å². The van der Waals surface area contributed by atoms with Crippen LogP contribution >= 0.6 is 11.3 Å². The molecule has 1 amide bonds. The van der Waals surface area contributed by atoms with Crippen LogP contribution in [0, 0.1) is 0 Å². The second-order valence-corrected chi connectivity index (χ2v) is 5.44. The Bertz CT molecular complexity index is 607.